The SMILES string of the molecule is COc1ccc(NC2=C3NCC(C(C)=O)N=C3COC2)cc1. The van der Waals surface area contributed by atoms with Crippen molar-refractivity contribution in [1.82, 2.24) is 5.32 Å². The molecule has 0 saturated carbocycles. The van der Waals surface area contributed by atoms with Gasteiger partial charge in [-0.15, -0.1) is 0 Å². The maximum Gasteiger partial charge on any atom is 0.156 e. The van der Waals surface area contributed by atoms with Gasteiger partial charge in [0.15, 0.2) is 5.78 Å². The molecule has 1 aromatic rings. The van der Waals surface area contributed by atoms with Gasteiger partial charge in [-0.05, 0) is 31.2 Å². The number of carbonyl (C=O) groups excluding carboxylic acids is 1. The topological polar surface area (TPSA) is 72.0 Å². The molecule has 0 fully saturated rings. The fourth-order valence-corrected chi connectivity index (χ4v) is 2.49. The minimum Gasteiger partial charge on any atom is -0.497 e. The van der Waals surface area contributed by atoms with Crippen LogP contribution in [0.2, 0.25) is 0 Å². The molecule has 2 aliphatic rings. The molecule has 22 heavy (non-hydrogen) atoms. The first-order chi connectivity index (χ1) is 10.7. The van der Waals surface area contributed by atoms with Gasteiger partial charge in [-0.25, -0.2) is 0 Å². The van der Waals surface area contributed by atoms with Crippen LogP contribution in [0.25, 0.3) is 0 Å². The van der Waals surface area contributed by atoms with E-state index >= 15 is 0 Å². The van der Waals surface area contributed by atoms with Gasteiger partial charge in [0.1, 0.15) is 11.8 Å². The third-order valence-electron chi connectivity index (χ3n) is 3.71. The van der Waals surface area contributed by atoms with Crippen LogP contribution in [-0.2, 0) is 9.53 Å². The Balaban J connectivity index is 1.83. The summed E-state index contributed by atoms with van der Waals surface area (Å²) in [5.74, 6) is 0.875. The fourth-order valence-electron chi connectivity index (χ4n) is 2.49. The molecule has 2 N–H and O–H groups in total. The Morgan fingerprint density at radius 1 is 1.36 bits per heavy atom. The van der Waals surface area contributed by atoms with E-state index in [-0.39, 0.29) is 11.8 Å². The summed E-state index contributed by atoms with van der Waals surface area (Å²) < 4.78 is 10.7. The van der Waals surface area contributed by atoms with Gasteiger partial charge in [-0.1, -0.05) is 0 Å². The van der Waals surface area contributed by atoms with Crippen LogP contribution >= 0.6 is 0 Å². The van der Waals surface area contributed by atoms with Gasteiger partial charge in [0.25, 0.3) is 0 Å². The lowest BCUT2D eigenvalue weighted by Gasteiger charge is -2.29. The summed E-state index contributed by atoms with van der Waals surface area (Å²) in [6.07, 6.45) is 0. The summed E-state index contributed by atoms with van der Waals surface area (Å²) in [4.78, 5) is 16.0. The van der Waals surface area contributed by atoms with E-state index in [0.29, 0.717) is 19.8 Å². The lowest BCUT2D eigenvalue weighted by molar-refractivity contribution is -0.118. The molecule has 0 bridgehead atoms. The van der Waals surface area contributed by atoms with Crippen molar-refractivity contribution in [3.05, 3.63) is 35.7 Å². The number of ketones is 1. The maximum absolute atomic E-state index is 11.5. The number of hydrogen-bond acceptors (Lipinski definition) is 6. The number of Topliss-reactive ketones (excluding diaryl/α,β-unsaturated/α-hetero) is 1. The molecule has 2 heterocycles. The molecule has 2 aliphatic heterocycles. The van der Waals surface area contributed by atoms with Gasteiger partial charge in [-0.2, -0.15) is 0 Å². The molecule has 0 amide bonds. The van der Waals surface area contributed by atoms with Gasteiger partial charge in [-0.3, -0.25) is 9.79 Å². The summed E-state index contributed by atoms with van der Waals surface area (Å²) >= 11 is 0. The number of rotatable bonds is 4. The van der Waals surface area contributed by atoms with Crippen LogP contribution in [0.4, 0.5) is 5.69 Å². The number of benzene rings is 1. The maximum atomic E-state index is 11.5. The molecule has 0 saturated heterocycles. The molecule has 6 nitrogen and oxygen atoms in total. The molecule has 1 atom stereocenters. The van der Waals surface area contributed by atoms with E-state index in [1.54, 1.807) is 14.0 Å². The summed E-state index contributed by atoms with van der Waals surface area (Å²) in [7, 11) is 1.64. The van der Waals surface area contributed by atoms with Crippen LogP contribution in [-0.4, -0.2) is 44.4 Å². The minimum absolute atomic E-state index is 0.0642. The van der Waals surface area contributed by atoms with Gasteiger partial charge in [0.2, 0.25) is 0 Å². The first-order valence-electron chi connectivity index (χ1n) is 7.20. The molecular weight excluding hydrogens is 282 g/mol. The quantitative estimate of drug-likeness (QED) is 0.878. The van der Waals surface area contributed by atoms with E-state index < -0.39 is 0 Å². The summed E-state index contributed by atoms with van der Waals surface area (Å²) in [6.45, 7) is 3.01. The Labute approximate surface area is 129 Å². The molecule has 0 aromatic heterocycles. The molecule has 116 valence electrons. The van der Waals surface area contributed by atoms with E-state index in [2.05, 4.69) is 15.6 Å². The Morgan fingerprint density at radius 2 is 2.14 bits per heavy atom. The number of fused-ring (bicyclic) bond motifs is 1. The van der Waals surface area contributed by atoms with Crippen molar-refractivity contribution in [2.45, 2.75) is 13.0 Å². The zero-order valence-electron chi connectivity index (χ0n) is 12.7. The van der Waals surface area contributed by atoms with Crippen molar-refractivity contribution < 1.29 is 14.3 Å². The minimum atomic E-state index is -0.317. The van der Waals surface area contributed by atoms with E-state index in [1.807, 2.05) is 24.3 Å². The number of carbonyl (C=O) groups is 1. The number of anilines is 1. The van der Waals surface area contributed by atoms with E-state index in [0.717, 1.165) is 28.5 Å². The zero-order valence-corrected chi connectivity index (χ0v) is 12.7. The Hall–Kier alpha value is -2.34. The van der Waals surface area contributed by atoms with Crippen molar-refractivity contribution in [3.63, 3.8) is 0 Å². The van der Waals surface area contributed by atoms with Gasteiger partial charge in [0.05, 0.1) is 37.4 Å². The highest BCUT2D eigenvalue weighted by molar-refractivity contribution is 6.04. The van der Waals surface area contributed by atoms with Gasteiger partial charge >= 0.3 is 0 Å². The third kappa shape index (κ3) is 2.96. The van der Waals surface area contributed by atoms with Gasteiger partial charge < -0.3 is 20.1 Å². The molecule has 1 unspecified atom stereocenters. The summed E-state index contributed by atoms with van der Waals surface area (Å²) in [5.41, 5.74) is 3.62. The third-order valence-corrected chi connectivity index (χ3v) is 3.71. The van der Waals surface area contributed by atoms with Crippen molar-refractivity contribution in [2.24, 2.45) is 4.99 Å². The second-order valence-electron chi connectivity index (χ2n) is 5.28. The Kier molecular flexibility index (Phi) is 4.11. The van der Waals surface area contributed by atoms with Crippen molar-refractivity contribution in [1.29, 1.82) is 0 Å². The standard InChI is InChI=1S/C16H19N3O3/c1-10(20)13-7-17-16-14(8-22-9-15(16)19-13)18-11-3-5-12(21-2)6-4-11/h3-6,13,17-18H,7-9H2,1-2H3. The van der Waals surface area contributed by atoms with E-state index in [9.17, 15) is 4.79 Å². The molecule has 0 spiro atoms. The predicted octanol–water partition coefficient (Wildman–Crippen LogP) is 1.35. The van der Waals surface area contributed by atoms with Crippen LogP contribution in [0.3, 0.4) is 0 Å². The zero-order chi connectivity index (χ0) is 15.5. The molecule has 0 radical (unpaired) electrons. The second kappa shape index (κ2) is 6.19. The average molecular weight is 301 g/mol. The highest BCUT2D eigenvalue weighted by Crippen LogP contribution is 2.21. The normalized spacial score (nSPS) is 20.6. The highest BCUT2D eigenvalue weighted by Gasteiger charge is 2.27. The van der Waals surface area contributed by atoms with Crippen LogP contribution in [0.5, 0.6) is 5.75 Å². The van der Waals surface area contributed by atoms with Crippen molar-refractivity contribution in [2.75, 3.05) is 32.2 Å². The number of aliphatic imine (C=N–C) groups is 1. The molecule has 3 rings (SSSR count). The lowest BCUT2D eigenvalue weighted by atomic mass is 10.1. The van der Waals surface area contributed by atoms with Crippen LogP contribution in [0.1, 0.15) is 6.92 Å². The van der Waals surface area contributed by atoms with Crippen molar-refractivity contribution >= 4 is 17.2 Å². The first kappa shape index (κ1) is 14.6. The summed E-state index contributed by atoms with van der Waals surface area (Å²) in [6, 6.07) is 7.36. The van der Waals surface area contributed by atoms with E-state index in [1.165, 1.54) is 0 Å². The van der Waals surface area contributed by atoms with Gasteiger partial charge in [0, 0.05) is 12.2 Å². The molecule has 1 aromatic carbocycles. The smallest absolute Gasteiger partial charge is 0.156 e. The number of hydrogen-bond donors (Lipinski definition) is 2. The number of nitrogens with one attached hydrogen (secondary N) is 2. The van der Waals surface area contributed by atoms with E-state index in [4.69, 9.17) is 9.47 Å². The monoisotopic (exact) mass is 301 g/mol. The van der Waals surface area contributed by atoms with Crippen LogP contribution in [0.15, 0.2) is 40.7 Å². The molecular formula is C16H19N3O3. The average Bonchev–Trinajstić information content (AvgIpc) is 2.55. The second-order valence-corrected chi connectivity index (χ2v) is 5.28. The Bertz CT molecular complexity index is 635. The highest BCUT2D eigenvalue weighted by atomic mass is 16.5. The van der Waals surface area contributed by atoms with Crippen molar-refractivity contribution in [3.8, 4) is 5.75 Å². The fraction of sp³-hybridized carbons (Fsp3) is 0.375. The molecule has 0 aliphatic carbocycles. The number of ether oxygens (including phenoxy) is 2. The Morgan fingerprint density at radius 3 is 2.82 bits per heavy atom. The largest absolute Gasteiger partial charge is 0.497 e. The molecule has 6 heteroatoms. The van der Waals surface area contributed by atoms with Crippen LogP contribution in [0, 0.1) is 0 Å². The predicted molar refractivity (Wildman–Crippen MR) is 84.4 cm³/mol. The van der Waals surface area contributed by atoms with Crippen LogP contribution < -0.4 is 15.4 Å². The number of methoxy groups -OCH3 is 1. The summed E-state index contributed by atoms with van der Waals surface area (Å²) in [5, 5.41) is 6.65. The lowest BCUT2D eigenvalue weighted by Crippen LogP contribution is -2.43. The first-order valence-corrected chi connectivity index (χ1v) is 7.20. The number of nitrogens with zero attached hydrogens (tertiary/aromatic N) is 1.